The van der Waals surface area contributed by atoms with Gasteiger partial charge in [-0.15, -0.1) is 0 Å². The number of nitrogens with zero attached hydrogens (tertiary/aromatic N) is 1. The van der Waals surface area contributed by atoms with E-state index in [9.17, 15) is 14.4 Å². The molecular weight excluding hydrogens is 305 g/mol. The number of amides is 3. The Bertz CT molecular complexity index is 591. The number of carbonyl (C=O) groups is 3. The van der Waals surface area contributed by atoms with Gasteiger partial charge in [0.1, 0.15) is 5.92 Å². The number of anilines is 1. The molecule has 0 saturated carbocycles. The zero-order valence-corrected chi connectivity index (χ0v) is 12.0. The lowest BCUT2D eigenvalue weighted by molar-refractivity contribution is -0.134. The molecule has 0 aromatic heterocycles. The number of benzene rings is 1. The van der Waals surface area contributed by atoms with Crippen molar-refractivity contribution in [3.63, 3.8) is 0 Å². The van der Waals surface area contributed by atoms with Crippen LogP contribution in [0.25, 0.3) is 0 Å². The third-order valence-electron chi connectivity index (χ3n) is 2.84. The van der Waals surface area contributed by atoms with Crippen LogP contribution in [0.5, 0.6) is 0 Å². The molecule has 1 unspecified atom stereocenters. The van der Waals surface area contributed by atoms with Crippen LogP contribution in [0.4, 0.5) is 5.69 Å². The van der Waals surface area contributed by atoms with Gasteiger partial charge in [-0.05, 0) is 12.1 Å². The molecule has 106 valence electrons. The average Bonchev–Trinajstić information content (AvgIpc) is 2.62. The molecule has 1 heterocycles. The summed E-state index contributed by atoms with van der Waals surface area (Å²) in [6, 6.07) is 4.79. The molecule has 20 heavy (non-hydrogen) atoms. The molecule has 1 aromatic carbocycles. The summed E-state index contributed by atoms with van der Waals surface area (Å²) in [6.45, 7) is 0. The van der Waals surface area contributed by atoms with Crippen molar-refractivity contribution in [1.29, 1.82) is 0 Å². The Morgan fingerprint density at radius 2 is 2.10 bits per heavy atom. The molecule has 1 aliphatic rings. The quantitative estimate of drug-likeness (QED) is 0.828. The van der Waals surface area contributed by atoms with Crippen LogP contribution in [-0.2, 0) is 14.4 Å². The van der Waals surface area contributed by atoms with E-state index in [2.05, 4.69) is 10.7 Å². The van der Waals surface area contributed by atoms with Crippen LogP contribution < -0.4 is 10.7 Å². The van der Waals surface area contributed by atoms with Crippen LogP contribution in [-0.4, -0.2) is 29.8 Å². The smallest absolute Gasteiger partial charge is 0.253 e. The second-order valence-electron chi connectivity index (χ2n) is 4.28. The number of hydrazine groups is 1. The Morgan fingerprint density at radius 1 is 1.40 bits per heavy atom. The molecule has 1 aliphatic heterocycles. The maximum absolute atomic E-state index is 11.9. The largest absolute Gasteiger partial charge is 0.325 e. The van der Waals surface area contributed by atoms with Gasteiger partial charge in [0.25, 0.3) is 11.8 Å². The molecule has 0 bridgehead atoms. The van der Waals surface area contributed by atoms with E-state index in [1.54, 1.807) is 18.2 Å². The summed E-state index contributed by atoms with van der Waals surface area (Å²) < 4.78 is 0. The summed E-state index contributed by atoms with van der Waals surface area (Å²) in [5, 5.41) is 4.10. The molecule has 2 rings (SSSR count). The van der Waals surface area contributed by atoms with E-state index < -0.39 is 23.6 Å². The Hall–Kier alpha value is -1.79. The average molecular weight is 316 g/mol. The Morgan fingerprint density at radius 3 is 2.70 bits per heavy atom. The van der Waals surface area contributed by atoms with E-state index in [-0.39, 0.29) is 11.4 Å². The Kier molecular flexibility index (Phi) is 4.15. The van der Waals surface area contributed by atoms with Crippen molar-refractivity contribution in [1.82, 2.24) is 10.4 Å². The normalized spacial score (nSPS) is 18.1. The van der Waals surface area contributed by atoms with Crippen LogP contribution in [0, 0.1) is 5.92 Å². The zero-order valence-electron chi connectivity index (χ0n) is 10.4. The van der Waals surface area contributed by atoms with Gasteiger partial charge in [0, 0.05) is 13.5 Å². The number of nitrogens with one attached hydrogen (secondary N) is 2. The monoisotopic (exact) mass is 315 g/mol. The van der Waals surface area contributed by atoms with Gasteiger partial charge in [0.2, 0.25) is 5.91 Å². The van der Waals surface area contributed by atoms with E-state index >= 15 is 0 Å². The number of carbonyl (C=O) groups excluding carboxylic acids is 3. The predicted octanol–water partition coefficient (Wildman–Crippen LogP) is 1.44. The first-order valence-electron chi connectivity index (χ1n) is 5.72. The first-order chi connectivity index (χ1) is 9.40. The molecular formula is C12H11Cl2N3O3. The van der Waals surface area contributed by atoms with E-state index in [0.29, 0.717) is 10.7 Å². The molecule has 1 fully saturated rings. The molecule has 3 amide bonds. The van der Waals surface area contributed by atoms with Gasteiger partial charge >= 0.3 is 0 Å². The van der Waals surface area contributed by atoms with Crippen molar-refractivity contribution in [3.8, 4) is 0 Å². The summed E-state index contributed by atoms with van der Waals surface area (Å²) in [5.74, 6) is -2.44. The molecule has 1 atom stereocenters. The topological polar surface area (TPSA) is 78.5 Å². The lowest BCUT2D eigenvalue weighted by Gasteiger charge is -2.09. The summed E-state index contributed by atoms with van der Waals surface area (Å²) >= 11 is 11.8. The summed E-state index contributed by atoms with van der Waals surface area (Å²) in [7, 11) is 1.42. The van der Waals surface area contributed by atoms with Crippen LogP contribution >= 0.6 is 23.2 Å². The fourth-order valence-electron chi connectivity index (χ4n) is 1.81. The van der Waals surface area contributed by atoms with Crippen molar-refractivity contribution in [2.24, 2.45) is 5.92 Å². The Labute approximate surface area is 125 Å². The van der Waals surface area contributed by atoms with Gasteiger partial charge in [0.05, 0.1) is 15.7 Å². The number of rotatable bonds is 3. The molecule has 0 aliphatic carbocycles. The molecule has 1 saturated heterocycles. The summed E-state index contributed by atoms with van der Waals surface area (Å²) in [4.78, 5) is 35.0. The van der Waals surface area contributed by atoms with Crippen LogP contribution in [0.3, 0.4) is 0 Å². The first kappa shape index (κ1) is 14.6. The fourth-order valence-corrected chi connectivity index (χ4v) is 2.16. The van der Waals surface area contributed by atoms with Gasteiger partial charge in [0.15, 0.2) is 0 Å². The summed E-state index contributed by atoms with van der Waals surface area (Å²) in [6.07, 6.45) is -0.252. The molecule has 6 nitrogen and oxygen atoms in total. The van der Waals surface area contributed by atoms with E-state index in [1.165, 1.54) is 7.05 Å². The van der Waals surface area contributed by atoms with Gasteiger partial charge in [-0.25, -0.2) is 0 Å². The minimum atomic E-state index is -1.02. The second-order valence-corrected chi connectivity index (χ2v) is 5.06. The minimum Gasteiger partial charge on any atom is -0.325 e. The highest BCUT2D eigenvalue weighted by atomic mass is 35.5. The van der Waals surface area contributed by atoms with E-state index in [0.717, 1.165) is 5.01 Å². The van der Waals surface area contributed by atoms with Crippen LogP contribution in [0.1, 0.15) is 6.42 Å². The number of hydrogen-bond donors (Lipinski definition) is 2. The Balaban J connectivity index is 2.05. The SMILES string of the molecule is CN1NC(=O)C(CC(=O)Nc2cccc(Cl)c2Cl)C1=O. The highest BCUT2D eigenvalue weighted by Crippen LogP contribution is 2.29. The lowest BCUT2D eigenvalue weighted by atomic mass is 10.0. The van der Waals surface area contributed by atoms with E-state index in [4.69, 9.17) is 23.2 Å². The lowest BCUT2D eigenvalue weighted by Crippen LogP contribution is -2.31. The highest BCUT2D eigenvalue weighted by molar-refractivity contribution is 6.44. The third-order valence-corrected chi connectivity index (χ3v) is 3.66. The minimum absolute atomic E-state index is 0.210. The zero-order chi connectivity index (χ0) is 14.9. The predicted molar refractivity (Wildman–Crippen MR) is 74.1 cm³/mol. The number of halogens is 2. The van der Waals surface area contributed by atoms with Gasteiger partial charge in [-0.2, -0.15) is 0 Å². The molecule has 8 heteroatoms. The van der Waals surface area contributed by atoms with Gasteiger partial charge in [-0.1, -0.05) is 29.3 Å². The van der Waals surface area contributed by atoms with Crippen LogP contribution in [0.15, 0.2) is 18.2 Å². The van der Waals surface area contributed by atoms with Gasteiger partial charge in [-0.3, -0.25) is 24.8 Å². The molecule has 0 radical (unpaired) electrons. The third kappa shape index (κ3) is 2.86. The molecule has 2 N–H and O–H groups in total. The van der Waals surface area contributed by atoms with E-state index in [1.807, 2.05) is 0 Å². The van der Waals surface area contributed by atoms with Crippen LogP contribution in [0.2, 0.25) is 10.0 Å². The van der Waals surface area contributed by atoms with Crippen molar-refractivity contribution in [2.75, 3.05) is 12.4 Å². The number of hydrogen-bond acceptors (Lipinski definition) is 3. The van der Waals surface area contributed by atoms with Crippen molar-refractivity contribution in [3.05, 3.63) is 28.2 Å². The first-order valence-corrected chi connectivity index (χ1v) is 6.47. The maximum Gasteiger partial charge on any atom is 0.253 e. The molecule has 0 spiro atoms. The maximum atomic E-state index is 11.9. The van der Waals surface area contributed by atoms with Crippen molar-refractivity contribution in [2.45, 2.75) is 6.42 Å². The standard InChI is InChI=1S/C12H11Cl2N3O3/c1-17-12(20)6(11(19)16-17)5-9(18)15-8-4-2-3-7(13)10(8)14/h2-4,6H,5H2,1H3,(H,15,18)(H,16,19). The summed E-state index contributed by atoms with van der Waals surface area (Å²) in [5.41, 5.74) is 2.66. The van der Waals surface area contributed by atoms with Crippen molar-refractivity contribution >= 4 is 46.6 Å². The van der Waals surface area contributed by atoms with Gasteiger partial charge < -0.3 is 5.32 Å². The highest BCUT2D eigenvalue weighted by Gasteiger charge is 2.38. The van der Waals surface area contributed by atoms with Crippen molar-refractivity contribution < 1.29 is 14.4 Å². The second kappa shape index (κ2) is 5.68. The fraction of sp³-hybridized carbons (Fsp3) is 0.250. The molecule has 1 aromatic rings.